The predicted octanol–water partition coefficient (Wildman–Crippen LogP) is 4.76. The highest BCUT2D eigenvalue weighted by atomic mass is 32.1. The summed E-state index contributed by atoms with van der Waals surface area (Å²) in [5.41, 5.74) is 10.2. The Hall–Kier alpha value is -3.38. The first-order valence-corrected chi connectivity index (χ1v) is 9.73. The molecule has 0 unspecified atom stereocenters. The van der Waals surface area contributed by atoms with Crippen LogP contribution in [0.3, 0.4) is 0 Å². The molecule has 4 rings (SSSR count). The van der Waals surface area contributed by atoms with E-state index < -0.39 is 0 Å². The molecular formula is C23H21N3O2S. The molecule has 1 amide bonds. The molecule has 6 heteroatoms. The monoisotopic (exact) mass is 403 g/mol. The SMILES string of the molecule is Cc1cccc(NC(=S)NNC(=O)Cc2coc3ccc4ccccc4c23)c1C. The predicted molar refractivity (Wildman–Crippen MR) is 121 cm³/mol. The summed E-state index contributed by atoms with van der Waals surface area (Å²) >= 11 is 5.29. The number of rotatable bonds is 3. The summed E-state index contributed by atoms with van der Waals surface area (Å²) < 4.78 is 5.65. The van der Waals surface area contributed by atoms with Gasteiger partial charge in [0.25, 0.3) is 0 Å². The van der Waals surface area contributed by atoms with Gasteiger partial charge in [0, 0.05) is 16.6 Å². The number of nitrogens with one attached hydrogen (secondary N) is 3. The maximum Gasteiger partial charge on any atom is 0.242 e. The third kappa shape index (κ3) is 3.93. The van der Waals surface area contributed by atoms with Crippen LogP contribution in [-0.2, 0) is 11.2 Å². The number of benzene rings is 3. The van der Waals surface area contributed by atoms with Crippen molar-refractivity contribution in [3.05, 3.63) is 77.6 Å². The summed E-state index contributed by atoms with van der Waals surface area (Å²) in [5, 5.41) is 6.58. The molecule has 0 aliphatic heterocycles. The quantitative estimate of drug-likeness (QED) is 0.340. The molecule has 146 valence electrons. The maximum absolute atomic E-state index is 12.5. The largest absolute Gasteiger partial charge is 0.464 e. The molecule has 3 aromatic carbocycles. The van der Waals surface area contributed by atoms with E-state index in [0.29, 0.717) is 5.11 Å². The van der Waals surface area contributed by atoms with E-state index in [2.05, 4.69) is 16.2 Å². The Morgan fingerprint density at radius 3 is 2.69 bits per heavy atom. The lowest BCUT2D eigenvalue weighted by atomic mass is 10.0. The lowest BCUT2D eigenvalue weighted by Gasteiger charge is -2.14. The number of fused-ring (bicyclic) bond motifs is 3. The van der Waals surface area contributed by atoms with Gasteiger partial charge in [-0.15, -0.1) is 0 Å². The molecule has 0 radical (unpaired) electrons. The van der Waals surface area contributed by atoms with Gasteiger partial charge in [-0.3, -0.25) is 15.6 Å². The molecular weight excluding hydrogens is 382 g/mol. The Labute approximate surface area is 174 Å². The van der Waals surface area contributed by atoms with E-state index in [-0.39, 0.29) is 12.3 Å². The first-order valence-electron chi connectivity index (χ1n) is 9.33. The summed E-state index contributed by atoms with van der Waals surface area (Å²) in [4.78, 5) is 12.5. The lowest BCUT2D eigenvalue weighted by Crippen LogP contribution is -2.44. The van der Waals surface area contributed by atoms with Crippen molar-refractivity contribution in [1.82, 2.24) is 10.9 Å². The number of thiocarbonyl (C=S) groups is 1. The van der Waals surface area contributed by atoms with Crippen molar-refractivity contribution in [2.24, 2.45) is 0 Å². The van der Waals surface area contributed by atoms with Gasteiger partial charge in [-0.2, -0.15) is 0 Å². The third-order valence-electron chi connectivity index (χ3n) is 5.06. The van der Waals surface area contributed by atoms with Crippen molar-refractivity contribution in [1.29, 1.82) is 0 Å². The minimum Gasteiger partial charge on any atom is -0.464 e. The lowest BCUT2D eigenvalue weighted by molar-refractivity contribution is -0.120. The first-order chi connectivity index (χ1) is 14.0. The molecule has 0 spiro atoms. The molecule has 3 N–H and O–H groups in total. The van der Waals surface area contributed by atoms with E-state index in [4.69, 9.17) is 16.6 Å². The van der Waals surface area contributed by atoms with Gasteiger partial charge in [-0.25, -0.2) is 0 Å². The van der Waals surface area contributed by atoms with Crippen molar-refractivity contribution < 1.29 is 9.21 Å². The smallest absolute Gasteiger partial charge is 0.242 e. The molecule has 0 aliphatic rings. The van der Waals surface area contributed by atoms with Crippen molar-refractivity contribution in [2.75, 3.05) is 5.32 Å². The second kappa shape index (κ2) is 7.93. The minimum absolute atomic E-state index is 0.181. The van der Waals surface area contributed by atoms with E-state index in [1.54, 1.807) is 6.26 Å². The van der Waals surface area contributed by atoms with Gasteiger partial charge in [-0.1, -0.05) is 42.5 Å². The molecule has 0 atom stereocenters. The molecule has 4 aromatic rings. The number of hydrazine groups is 1. The van der Waals surface area contributed by atoms with Crippen LogP contribution >= 0.6 is 12.2 Å². The van der Waals surface area contributed by atoms with Crippen molar-refractivity contribution in [3.8, 4) is 0 Å². The van der Waals surface area contributed by atoms with Crippen LogP contribution in [0.1, 0.15) is 16.7 Å². The molecule has 29 heavy (non-hydrogen) atoms. The molecule has 1 aromatic heterocycles. The fraction of sp³-hybridized carbons (Fsp3) is 0.130. The Morgan fingerprint density at radius 2 is 1.83 bits per heavy atom. The average molecular weight is 404 g/mol. The Balaban J connectivity index is 1.43. The normalized spacial score (nSPS) is 10.8. The molecule has 0 bridgehead atoms. The van der Waals surface area contributed by atoms with Crippen molar-refractivity contribution >= 4 is 50.7 Å². The molecule has 0 saturated carbocycles. The molecule has 1 heterocycles. The highest BCUT2D eigenvalue weighted by Gasteiger charge is 2.13. The van der Waals surface area contributed by atoms with Crippen LogP contribution in [-0.4, -0.2) is 11.0 Å². The van der Waals surface area contributed by atoms with Gasteiger partial charge in [0.05, 0.1) is 12.7 Å². The molecule has 5 nitrogen and oxygen atoms in total. The summed E-state index contributed by atoms with van der Waals surface area (Å²) in [6.45, 7) is 4.06. The first kappa shape index (κ1) is 19.0. The van der Waals surface area contributed by atoms with Gasteiger partial charge >= 0.3 is 0 Å². The summed E-state index contributed by atoms with van der Waals surface area (Å²) in [5.74, 6) is -0.203. The minimum atomic E-state index is -0.203. The number of carbonyl (C=O) groups is 1. The fourth-order valence-corrected chi connectivity index (χ4v) is 3.55. The van der Waals surface area contributed by atoms with E-state index in [9.17, 15) is 4.79 Å². The van der Waals surface area contributed by atoms with Gasteiger partial charge < -0.3 is 9.73 Å². The summed E-state index contributed by atoms with van der Waals surface area (Å²) in [7, 11) is 0. The van der Waals surface area contributed by atoms with Crippen LogP contribution in [0, 0.1) is 13.8 Å². The Kier molecular flexibility index (Phi) is 5.18. The van der Waals surface area contributed by atoms with Crippen LogP contribution in [0.5, 0.6) is 0 Å². The average Bonchev–Trinajstić information content (AvgIpc) is 3.13. The maximum atomic E-state index is 12.5. The van der Waals surface area contributed by atoms with Gasteiger partial charge in [0.2, 0.25) is 5.91 Å². The van der Waals surface area contributed by atoms with Gasteiger partial charge in [0.15, 0.2) is 5.11 Å². The fourth-order valence-electron chi connectivity index (χ4n) is 3.39. The summed E-state index contributed by atoms with van der Waals surface area (Å²) in [6, 6.07) is 18.0. The van der Waals surface area contributed by atoms with Gasteiger partial charge in [-0.05, 0) is 60.1 Å². The van der Waals surface area contributed by atoms with Crippen LogP contribution < -0.4 is 16.2 Å². The zero-order valence-electron chi connectivity index (χ0n) is 16.2. The van der Waals surface area contributed by atoms with E-state index >= 15 is 0 Å². The number of hydrogen-bond donors (Lipinski definition) is 3. The number of anilines is 1. The number of aryl methyl sites for hydroxylation is 1. The topological polar surface area (TPSA) is 66.3 Å². The van der Waals surface area contributed by atoms with Crippen LogP contribution in [0.15, 0.2) is 65.3 Å². The van der Waals surface area contributed by atoms with Crippen LogP contribution in [0.2, 0.25) is 0 Å². The van der Waals surface area contributed by atoms with Crippen LogP contribution in [0.25, 0.3) is 21.7 Å². The number of amides is 1. The third-order valence-corrected chi connectivity index (χ3v) is 5.26. The van der Waals surface area contributed by atoms with E-state index in [1.807, 2.05) is 68.4 Å². The van der Waals surface area contributed by atoms with E-state index in [0.717, 1.165) is 38.6 Å². The molecule has 0 aliphatic carbocycles. The Bertz CT molecular complexity index is 1230. The Morgan fingerprint density at radius 1 is 1.00 bits per heavy atom. The van der Waals surface area contributed by atoms with Gasteiger partial charge in [0.1, 0.15) is 5.58 Å². The second-order valence-corrected chi connectivity index (χ2v) is 7.38. The van der Waals surface area contributed by atoms with E-state index in [1.165, 1.54) is 5.56 Å². The standard InChI is InChI=1S/C23H21N3O2S/c1-14-6-5-9-19(15(14)2)24-23(29)26-25-21(27)12-17-13-28-20-11-10-16-7-3-4-8-18(16)22(17)20/h3-11,13H,12H2,1-2H3,(H,25,27)(H2,24,26,29). The van der Waals surface area contributed by atoms with Crippen molar-refractivity contribution in [3.63, 3.8) is 0 Å². The summed E-state index contributed by atoms with van der Waals surface area (Å²) in [6.07, 6.45) is 1.82. The molecule has 0 saturated heterocycles. The zero-order chi connectivity index (χ0) is 20.4. The molecule has 0 fully saturated rings. The number of hydrogen-bond acceptors (Lipinski definition) is 3. The van der Waals surface area contributed by atoms with Crippen LogP contribution in [0.4, 0.5) is 5.69 Å². The highest BCUT2D eigenvalue weighted by molar-refractivity contribution is 7.80. The number of furan rings is 1. The zero-order valence-corrected chi connectivity index (χ0v) is 17.0. The second-order valence-electron chi connectivity index (χ2n) is 6.97. The number of carbonyl (C=O) groups excluding carboxylic acids is 1. The highest BCUT2D eigenvalue weighted by Crippen LogP contribution is 2.30. The van der Waals surface area contributed by atoms with Crippen molar-refractivity contribution in [2.45, 2.75) is 20.3 Å².